The smallest absolute Gasteiger partial charge is 0.323 e. The normalized spacial score (nSPS) is 20.6. The second-order valence-corrected chi connectivity index (χ2v) is 24.5. The Morgan fingerprint density at radius 3 is 1.92 bits per heavy atom. The number of pyridine rings is 1. The van der Waals surface area contributed by atoms with E-state index in [0.29, 0.717) is 56.1 Å². The minimum Gasteiger partial charge on any atom is -0.444 e. The lowest BCUT2D eigenvalue weighted by Crippen LogP contribution is -2.60. The molecule has 3 saturated carbocycles. The summed E-state index contributed by atoms with van der Waals surface area (Å²) in [7, 11) is 2.17. The average molecular weight is 1070 g/mol. The van der Waals surface area contributed by atoms with Crippen LogP contribution in [0.3, 0.4) is 0 Å². The van der Waals surface area contributed by atoms with Gasteiger partial charge in [0.1, 0.15) is 6.04 Å². The first kappa shape index (κ1) is 55.7. The van der Waals surface area contributed by atoms with Crippen molar-refractivity contribution >= 4 is 51.6 Å². The zero-order chi connectivity index (χ0) is 54.8. The highest BCUT2D eigenvalue weighted by Gasteiger charge is 2.53. The summed E-state index contributed by atoms with van der Waals surface area (Å²) >= 11 is 0. The SMILES string of the molecule is CCCCC1(C(=O)OCN(C(=O)N2CCC(c3cc4ccccc4n(COC(=O)C4(CCCC)CC4)c3=O)CC2)C(Cc2cc(C)c3c(cnn3C(=O)C3(CCCC)CC3)c2)C(=O)N2CCN(C3CCN(C)CC3)CC2)CC1. The number of aromatic nitrogens is 3. The molecule has 10 rings (SSSR count). The van der Waals surface area contributed by atoms with Gasteiger partial charge in [-0.15, -0.1) is 0 Å². The predicted molar refractivity (Wildman–Crippen MR) is 301 cm³/mol. The third-order valence-corrected chi connectivity index (χ3v) is 19.1. The third kappa shape index (κ3) is 11.7. The molecule has 0 radical (unpaired) electrons. The molecule has 3 amide bonds. The van der Waals surface area contributed by atoms with Gasteiger partial charge in [-0.3, -0.25) is 38.3 Å². The maximum absolute atomic E-state index is 15.5. The molecule has 16 nitrogen and oxygen atoms in total. The van der Waals surface area contributed by atoms with Gasteiger partial charge >= 0.3 is 18.0 Å². The third-order valence-electron chi connectivity index (χ3n) is 19.1. The Hall–Kier alpha value is -5.61. The fourth-order valence-electron chi connectivity index (χ4n) is 13.2. The van der Waals surface area contributed by atoms with Crippen LogP contribution >= 0.6 is 0 Å². The van der Waals surface area contributed by atoms with E-state index in [1.165, 1.54) is 4.90 Å². The summed E-state index contributed by atoms with van der Waals surface area (Å²) in [6, 6.07) is 12.7. The first-order valence-electron chi connectivity index (χ1n) is 30.0. The zero-order valence-electron chi connectivity index (χ0n) is 47.4. The number of nitrogens with zero attached hydrogens (tertiary/aromatic N) is 8. The molecular weight excluding hydrogens is 985 g/mol. The van der Waals surface area contributed by atoms with E-state index in [9.17, 15) is 19.2 Å². The first-order valence-corrected chi connectivity index (χ1v) is 30.0. The lowest BCUT2D eigenvalue weighted by Gasteiger charge is -2.44. The van der Waals surface area contributed by atoms with E-state index in [1.54, 1.807) is 20.3 Å². The van der Waals surface area contributed by atoms with Gasteiger partial charge in [-0.2, -0.15) is 9.78 Å². The van der Waals surface area contributed by atoms with E-state index in [4.69, 9.17) is 9.47 Å². The molecule has 2 aromatic heterocycles. The first-order chi connectivity index (χ1) is 37.7. The monoisotopic (exact) mass is 1070 g/mol. The number of hydrogen-bond acceptors (Lipinski definition) is 11. The number of benzene rings is 2. The number of hydrogen-bond donors (Lipinski definition) is 0. The number of unbranched alkanes of at least 4 members (excludes halogenated alkanes) is 3. The van der Waals surface area contributed by atoms with Crippen LogP contribution in [-0.2, 0) is 37.0 Å². The Labute approximate surface area is 461 Å². The van der Waals surface area contributed by atoms with Gasteiger partial charge in [-0.1, -0.05) is 83.6 Å². The molecule has 5 heterocycles. The van der Waals surface area contributed by atoms with E-state index in [-0.39, 0.29) is 66.6 Å². The number of piperidine rings is 2. The molecule has 2 aromatic carbocycles. The topological polar surface area (TPSA) is 160 Å². The lowest BCUT2D eigenvalue weighted by molar-refractivity contribution is -0.158. The fraction of sp³-hybridized carbons (Fsp3) is 0.661. The van der Waals surface area contributed by atoms with Gasteiger partial charge in [0.2, 0.25) is 5.91 Å². The Morgan fingerprint density at radius 1 is 0.705 bits per heavy atom. The van der Waals surface area contributed by atoms with Crippen LogP contribution in [0.15, 0.2) is 53.5 Å². The van der Waals surface area contributed by atoms with E-state index < -0.39 is 16.9 Å². The number of amides is 3. The van der Waals surface area contributed by atoms with E-state index in [2.05, 4.69) is 42.7 Å². The van der Waals surface area contributed by atoms with E-state index in [0.717, 1.165) is 163 Å². The average Bonchev–Trinajstić information content (AvgIpc) is 4.57. The van der Waals surface area contributed by atoms with Crippen LogP contribution in [0.25, 0.3) is 21.8 Å². The summed E-state index contributed by atoms with van der Waals surface area (Å²) in [6.45, 7) is 13.0. The van der Waals surface area contributed by atoms with E-state index in [1.807, 2.05) is 54.3 Å². The van der Waals surface area contributed by atoms with Crippen LogP contribution in [0, 0.1) is 23.2 Å². The number of carbonyl (C=O) groups excluding carboxylic acids is 5. The highest BCUT2D eigenvalue weighted by molar-refractivity contribution is 5.97. The number of carbonyl (C=O) groups is 5. The number of rotatable bonds is 22. The number of likely N-dealkylation sites (tertiary alicyclic amines) is 2. The minimum absolute atomic E-state index is 0.0419. The fourth-order valence-corrected chi connectivity index (χ4v) is 13.2. The molecule has 3 aliphatic heterocycles. The maximum Gasteiger partial charge on any atom is 0.323 e. The molecule has 6 aliphatic rings. The number of para-hydroxylation sites is 1. The van der Waals surface area contributed by atoms with Crippen LogP contribution in [0.5, 0.6) is 0 Å². The summed E-state index contributed by atoms with van der Waals surface area (Å²) in [5.74, 6) is -0.884. The van der Waals surface area contributed by atoms with Crippen LogP contribution in [0.2, 0.25) is 0 Å². The van der Waals surface area contributed by atoms with Crippen molar-refractivity contribution in [2.24, 2.45) is 16.2 Å². The van der Waals surface area contributed by atoms with Crippen LogP contribution < -0.4 is 5.56 Å². The van der Waals surface area contributed by atoms with Crippen LogP contribution in [0.1, 0.15) is 170 Å². The predicted octanol–water partition coefficient (Wildman–Crippen LogP) is 9.66. The molecule has 16 heteroatoms. The van der Waals surface area contributed by atoms with Crippen LogP contribution in [-0.4, -0.2) is 147 Å². The van der Waals surface area contributed by atoms with E-state index >= 15 is 9.59 Å². The highest BCUT2D eigenvalue weighted by Crippen LogP contribution is 2.53. The van der Waals surface area contributed by atoms with Crippen LogP contribution in [0.4, 0.5) is 4.79 Å². The molecule has 3 aliphatic carbocycles. The Morgan fingerprint density at radius 2 is 1.31 bits per heavy atom. The standard InChI is InChI=1S/C62H86N8O8/c1-6-9-20-60(23-24-60)56(73)70-53-44(4)37-45(38-48(53)41-63-70)39-52(55(72)66-35-33-65(34-36-66)49-18-29-64(5)30-19-49)69(43-78-58(75)62(27-28-62)22-11-8-3)59(76)67-31-16-46(17-32-67)50-40-47-14-12-13-15-51(47)68(54(50)71)42-77-57(74)61(25-26-61)21-10-7-2/h12-15,37-38,40-41,46,49,52H,6-11,16-36,39,42-43H2,1-5H3. The van der Waals surface area contributed by atoms with Gasteiger partial charge in [-0.05, 0) is 151 Å². The summed E-state index contributed by atoms with van der Waals surface area (Å²) in [4.78, 5) is 97.4. The van der Waals surface area contributed by atoms with Crippen molar-refractivity contribution in [3.05, 3.63) is 75.7 Å². The molecule has 78 heavy (non-hydrogen) atoms. The summed E-state index contributed by atoms with van der Waals surface area (Å²) in [6.07, 6.45) is 18.1. The van der Waals surface area contributed by atoms with Gasteiger partial charge < -0.3 is 24.2 Å². The van der Waals surface area contributed by atoms with Gasteiger partial charge in [0, 0.05) is 62.7 Å². The Kier molecular flexibility index (Phi) is 16.9. The van der Waals surface area contributed by atoms with Gasteiger partial charge in [0.25, 0.3) is 11.5 Å². The Bertz CT molecular complexity index is 2890. The van der Waals surface area contributed by atoms with Crippen molar-refractivity contribution in [3.63, 3.8) is 0 Å². The quantitative estimate of drug-likeness (QED) is 0.0545. The number of piperazine rings is 1. The Balaban J connectivity index is 0.930. The number of fused-ring (bicyclic) bond motifs is 2. The molecule has 4 aromatic rings. The summed E-state index contributed by atoms with van der Waals surface area (Å²) in [5, 5.41) is 6.34. The summed E-state index contributed by atoms with van der Waals surface area (Å²) in [5.41, 5.74) is 2.18. The highest BCUT2D eigenvalue weighted by atomic mass is 16.6. The van der Waals surface area contributed by atoms with Crippen molar-refractivity contribution in [3.8, 4) is 0 Å². The molecule has 0 spiro atoms. The maximum atomic E-state index is 15.5. The number of urea groups is 1. The second-order valence-electron chi connectivity index (χ2n) is 24.5. The van der Waals surface area contributed by atoms with Gasteiger partial charge in [0.05, 0.1) is 33.5 Å². The van der Waals surface area contributed by atoms with Gasteiger partial charge in [-0.25, -0.2) is 4.79 Å². The van der Waals surface area contributed by atoms with Crippen molar-refractivity contribution in [1.82, 2.24) is 38.8 Å². The zero-order valence-corrected chi connectivity index (χ0v) is 47.4. The number of ether oxygens (including phenoxy) is 2. The van der Waals surface area contributed by atoms with Crippen molar-refractivity contribution < 1.29 is 33.4 Å². The molecular formula is C62H86N8O8. The number of aryl methyl sites for hydroxylation is 1. The summed E-state index contributed by atoms with van der Waals surface area (Å²) < 4.78 is 15.4. The van der Waals surface area contributed by atoms with Crippen molar-refractivity contribution in [2.45, 2.75) is 181 Å². The molecule has 0 N–H and O–H groups in total. The van der Waals surface area contributed by atoms with Crippen molar-refractivity contribution in [1.29, 1.82) is 0 Å². The second kappa shape index (κ2) is 23.6. The minimum atomic E-state index is -1.02. The molecule has 422 valence electrons. The largest absolute Gasteiger partial charge is 0.444 e. The molecule has 1 atom stereocenters. The molecule has 0 bridgehead atoms. The molecule has 3 saturated heterocycles. The molecule has 6 fully saturated rings. The number of esters is 2. The van der Waals surface area contributed by atoms with Gasteiger partial charge in [0.15, 0.2) is 13.5 Å². The molecule has 1 unspecified atom stereocenters. The lowest BCUT2D eigenvalue weighted by atomic mass is 9.89. The van der Waals surface area contributed by atoms with Crippen molar-refractivity contribution in [2.75, 3.05) is 66.1 Å².